The largest absolute Gasteiger partial charge is 0.219 e. The lowest BCUT2D eigenvalue weighted by Gasteiger charge is -2.12. The van der Waals surface area contributed by atoms with E-state index in [9.17, 15) is 8.42 Å². The lowest BCUT2D eigenvalue weighted by Crippen LogP contribution is -2.05. The Bertz CT molecular complexity index is 759. The molecule has 2 aromatic rings. The first-order chi connectivity index (χ1) is 11.5. The standard InChI is InChI=1S/C21H28O2S/c1-4-6-8-18-12-15-21(16-19(18)9-7-5-2)24(22,23)20-13-10-17(3)11-14-20/h10-16H,4-9H2,1-3H3. The number of hydrogen-bond donors (Lipinski definition) is 0. The molecule has 2 aromatic carbocycles. The first-order valence-corrected chi connectivity index (χ1v) is 10.4. The fourth-order valence-electron chi connectivity index (χ4n) is 2.83. The van der Waals surface area contributed by atoms with Crippen molar-refractivity contribution in [3.63, 3.8) is 0 Å². The van der Waals surface area contributed by atoms with E-state index in [-0.39, 0.29) is 0 Å². The summed E-state index contributed by atoms with van der Waals surface area (Å²) in [4.78, 5) is 0.786. The smallest absolute Gasteiger partial charge is 0.206 e. The van der Waals surface area contributed by atoms with Gasteiger partial charge in [0.05, 0.1) is 9.79 Å². The minimum absolute atomic E-state index is 0.371. The number of unbranched alkanes of at least 4 members (excludes halogenated alkanes) is 2. The van der Waals surface area contributed by atoms with Crippen molar-refractivity contribution in [1.29, 1.82) is 0 Å². The van der Waals surface area contributed by atoms with Crippen molar-refractivity contribution in [3.05, 3.63) is 59.2 Å². The SMILES string of the molecule is CCCCc1ccc(S(=O)(=O)c2ccc(C)cc2)cc1CCCC. The maximum absolute atomic E-state index is 12.9. The molecule has 0 spiro atoms. The highest BCUT2D eigenvalue weighted by molar-refractivity contribution is 7.91. The molecule has 2 nitrogen and oxygen atoms in total. The second-order valence-corrected chi connectivity index (χ2v) is 8.40. The number of aryl methyl sites for hydroxylation is 3. The van der Waals surface area contributed by atoms with Crippen LogP contribution in [0.5, 0.6) is 0 Å². The number of rotatable bonds is 8. The third-order valence-corrected chi connectivity index (χ3v) is 6.19. The summed E-state index contributed by atoms with van der Waals surface area (Å²) in [6.45, 7) is 6.31. The first-order valence-electron chi connectivity index (χ1n) is 8.92. The molecule has 0 N–H and O–H groups in total. The van der Waals surface area contributed by atoms with Crippen LogP contribution in [0.2, 0.25) is 0 Å². The Morgan fingerprint density at radius 3 is 1.88 bits per heavy atom. The maximum atomic E-state index is 12.9. The highest BCUT2D eigenvalue weighted by Crippen LogP contribution is 2.25. The van der Waals surface area contributed by atoms with E-state index in [0.717, 1.165) is 44.1 Å². The van der Waals surface area contributed by atoms with E-state index in [1.807, 2.05) is 31.2 Å². The summed E-state index contributed by atoms with van der Waals surface area (Å²) in [5.41, 5.74) is 3.55. The average molecular weight is 345 g/mol. The summed E-state index contributed by atoms with van der Waals surface area (Å²) in [6.07, 6.45) is 6.47. The minimum Gasteiger partial charge on any atom is -0.219 e. The Labute approximate surface area is 146 Å². The van der Waals surface area contributed by atoms with E-state index in [4.69, 9.17) is 0 Å². The molecular formula is C21H28O2S. The molecule has 0 fully saturated rings. The van der Waals surface area contributed by atoms with Crippen molar-refractivity contribution in [3.8, 4) is 0 Å². The highest BCUT2D eigenvalue weighted by atomic mass is 32.2. The van der Waals surface area contributed by atoms with Gasteiger partial charge in [-0.15, -0.1) is 0 Å². The van der Waals surface area contributed by atoms with Gasteiger partial charge in [-0.2, -0.15) is 0 Å². The van der Waals surface area contributed by atoms with Gasteiger partial charge in [-0.3, -0.25) is 0 Å². The highest BCUT2D eigenvalue weighted by Gasteiger charge is 2.18. The zero-order chi connectivity index (χ0) is 17.6. The molecule has 0 saturated heterocycles. The van der Waals surface area contributed by atoms with E-state index in [0.29, 0.717) is 9.79 Å². The molecule has 0 aliphatic carbocycles. The second-order valence-electron chi connectivity index (χ2n) is 6.45. The topological polar surface area (TPSA) is 34.1 Å². The average Bonchev–Trinajstić information content (AvgIpc) is 2.58. The van der Waals surface area contributed by atoms with Gasteiger partial charge < -0.3 is 0 Å². The van der Waals surface area contributed by atoms with Crippen LogP contribution in [0, 0.1) is 6.92 Å². The third kappa shape index (κ3) is 4.47. The second kappa shape index (κ2) is 8.48. The molecule has 0 amide bonds. The van der Waals surface area contributed by atoms with E-state index in [1.165, 1.54) is 11.1 Å². The number of sulfone groups is 1. The molecule has 0 aliphatic rings. The van der Waals surface area contributed by atoms with Crippen molar-refractivity contribution in [2.24, 2.45) is 0 Å². The molecule has 0 saturated carbocycles. The molecule has 0 aromatic heterocycles. The van der Waals surface area contributed by atoms with E-state index >= 15 is 0 Å². The van der Waals surface area contributed by atoms with Crippen LogP contribution >= 0.6 is 0 Å². The van der Waals surface area contributed by atoms with Crippen LogP contribution < -0.4 is 0 Å². The van der Waals surface area contributed by atoms with Crippen molar-refractivity contribution in [1.82, 2.24) is 0 Å². The number of benzene rings is 2. The zero-order valence-corrected chi connectivity index (χ0v) is 15.8. The molecule has 0 bridgehead atoms. The van der Waals surface area contributed by atoms with Crippen LogP contribution in [0.25, 0.3) is 0 Å². The van der Waals surface area contributed by atoms with E-state index < -0.39 is 9.84 Å². The molecule has 0 atom stereocenters. The Hall–Kier alpha value is -1.61. The van der Waals surface area contributed by atoms with Crippen molar-refractivity contribution in [2.45, 2.75) is 69.1 Å². The summed E-state index contributed by atoms with van der Waals surface area (Å²) < 4.78 is 25.8. The lowest BCUT2D eigenvalue weighted by molar-refractivity contribution is 0.595. The Balaban J connectivity index is 2.40. The van der Waals surface area contributed by atoms with E-state index in [2.05, 4.69) is 13.8 Å². The van der Waals surface area contributed by atoms with Crippen molar-refractivity contribution >= 4 is 9.84 Å². The summed E-state index contributed by atoms with van der Waals surface area (Å²) in [5.74, 6) is 0. The maximum Gasteiger partial charge on any atom is 0.206 e. The van der Waals surface area contributed by atoms with Gasteiger partial charge in [-0.1, -0.05) is 50.5 Å². The molecule has 0 heterocycles. The summed E-state index contributed by atoms with van der Waals surface area (Å²) in [7, 11) is -3.44. The summed E-state index contributed by atoms with van der Waals surface area (Å²) in [6, 6.07) is 12.8. The predicted molar refractivity (Wildman–Crippen MR) is 100 cm³/mol. The van der Waals surface area contributed by atoms with Crippen LogP contribution in [0.1, 0.15) is 56.2 Å². The molecule has 0 radical (unpaired) electrons. The van der Waals surface area contributed by atoms with Crippen LogP contribution in [-0.4, -0.2) is 8.42 Å². The van der Waals surface area contributed by atoms with Crippen LogP contribution in [0.3, 0.4) is 0 Å². The first kappa shape index (κ1) is 18.7. The van der Waals surface area contributed by atoms with Crippen LogP contribution in [-0.2, 0) is 22.7 Å². The molecule has 3 heteroatoms. The van der Waals surface area contributed by atoms with Gasteiger partial charge in [-0.25, -0.2) is 8.42 Å². The quantitative estimate of drug-likeness (QED) is 0.632. The lowest BCUT2D eigenvalue weighted by atomic mass is 9.98. The van der Waals surface area contributed by atoms with E-state index in [1.54, 1.807) is 18.2 Å². The normalized spacial score (nSPS) is 11.6. The Kier molecular flexibility index (Phi) is 6.61. The van der Waals surface area contributed by atoms with Crippen LogP contribution in [0.15, 0.2) is 52.3 Å². The molecule has 0 unspecified atom stereocenters. The molecule has 130 valence electrons. The van der Waals surface area contributed by atoms with Crippen LogP contribution in [0.4, 0.5) is 0 Å². The fraction of sp³-hybridized carbons (Fsp3) is 0.429. The fourth-order valence-corrected chi connectivity index (χ4v) is 4.15. The van der Waals surface area contributed by atoms with Crippen molar-refractivity contribution in [2.75, 3.05) is 0 Å². The van der Waals surface area contributed by atoms with Gasteiger partial charge in [0.1, 0.15) is 0 Å². The third-order valence-electron chi connectivity index (χ3n) is 4.42. The summed E-state index contributed by atoms with van der Waals surface area (Å²) in [5, 5.41) is 0. The monoisotopic (exact) mass is 344 g/mol. The molecular weight excluding hydrogens is 316 g/mol. The van der Waals surface area contributed by atoms with Gasteiger partial charge in [0.25, 0.3) is 0 Å². The molecule has 0 aliphatic heterocycles. The summed E-state index contributed by atoms with van der Waals surface area (Å²) >= 11 is 0. The van der Waals surface area contributed by atoms with Gasteiger partial charge in [-0.05, 0) is 68.0 Å². The van der Waals surface area contributed by atoms with Gasteiger partial charge in [0, 0.05) is 0 Å². The number of hydrogen-bond acceptors (Lipinski definition) is 2. The molecule has 2 rings (SSSR count). The van der Waals surface area contributed by atoms with Gasteiger partial charge in [0.2, 0.25) is 9.84 Å². The Morgan fingerprint density at radius 2 is 1.29 bits per heavy atom. The zero-order valence-electron chi connectivity index (χ0n) is 15.0. The molecule has 24 heavy (non-hydrogen) atoms. The minimum atomic E-state index is -3.44. The van der Waals surface area contributed by atoms with Gasteiger partial charge >= 0.3 is 0 Å². The Morgan fingerprint density at radius 1 is 0.750 bits per heavy atom. The van der Waals surface area contributed by atoms with Gasteiger partial charge in [0.15, 0.2) is 0 Å². The van der Waals surface area contributed by atoms with Crippen molar-refractivity contribution < 1.29 is 8.42 Å². The predicted octanol–water partition coefficient (Wildman–Crippen LogP) is 5.51.